The zero-order valence-electron chi connectivity index (χ0n) is 18.9. The van der Waals surface area contributed by atoms with E-state index in [9.17, 15) is 4.79 Å². The number of benzene rings is 2. The van der Waals surface area contributed by atoms with Gasteiger partial charge in [-0.1, -0.05) is 37.1 Å². The van der Waals surface area contributed by atoms with Crippen LogP contribution in [-0.4, -0.2) is 33.5 Å². The third-order valence-corrected chi connectivity index (χ3v) is 8.24. The molecular formula is C26H31N5OS. The number of thioether (sulfide) groups is 1. The Bertz CT molecular complexity index is 1170. The van der Waals surface area contributed by atoms with Gasteiger partial charge in [-0.15, -0.1) is 0 Å². The molecule has 3 aliphatic rings. The summed E-state index contributed by atoms with van der Waals surface area (Å²) in [7, 11) is 0. The van der Waals surface area contributed by atoms with Crippen molar-refractivity contribution in [3.8, 4) is 0 Å². The van der Waals surface area contributed by atoms with Gasteiger partial charge in [-0.25, -0.2) is 4.98 Å². The molecule has 1 saturated carbocycles. The first-order valence-corrected chi connectivity index (χ1v) is 13.2. The Morgan fingerprint density at radius 2 is 1.97 bits per heavy atom. The number of piperidine rings is 1. The second-order valence-corrected chi connectivity index (χ2v) is 10.7. The van der Waals surface area contributed by atoms with Crippen LogP contribution in [0.25, 0.3) is 11.0 Å². The van der Waals surface area contributed by atoms with Crippen molar-refractivity contribution in [1.29, 1.82) is 0 Å². The molecule has 3 heterocycles. The van der Waals surface area contributed by atoms with E-state index in [0.29, 0.717) is 12.5 Å². The van der Waals surface area contributed by atoms with Crippen molar-refractivity contribution in [2.45, 2.75) is 74.3 Å². The molecule has 2 N–H and O–H groups in total. The van der Waals surface area contributed by atoms with Crippen molar-refractivity contribution in [1.82, 2.24) is 14.9 Å². The van der Waals surface area contributed by atoms with Gasteiger partial charge in [0.05, 0.1) is 17.4 Å². The average molecular weight is 462 g/mol. The first-order valence-electron chi connectivity index (χ1n) is 12.3. The van der Waals surface area contributed by atoms with Crippen molar-refractivity contribution >= 4 is 40.1 Å². The fourth-order valence-electron chi connectivity index (χ4n) is 5.36. The van der Waals surface area contributed by atoms with Gasteiger partial charge in [0.1, 0.15) is 5.50 Å². The number of aromatic nitrogens is 2. The molecule has 172 valence electrons. The molecule has 0 bridgehead atoms. The third-order valence-electron chi connectivity index (χ3n) is 7.16. The van der Waals surface area contributed by atoms with Crippen LogP contribution in [-0.2, 0) is 11.3 Å². The van der Waals surface area contributed by atoms with Gasteiger partial charge in [-0.2, -0.15) is 0 Å². The van der Waals surface area contributed by atoms with E-state index in [-0.39, 0.29) is 11.4 Å². The van der Waals surface area contributed by atoms with E-state index in [1.54, 1.807) is 0 Å². The quantitative estimate of drug-likeness (QED) is 0.538. The number of anilines is 2. The van der Waals surface area contributed by atoms with Gasteiger partial charge in [-0.05, 0) is 61.6 Å². The van der Waals surface area contributed by atoms with Gasteiger partial charge < -0.3 is 14.8 Å². The second-order valence-electron chi connectivity index (χ2n) is 9.52. The number of amides is 1. The molecule has 33 heavy (non-hydrogen) atoms. The molecule has 7 heteroatoms. The fourth-order valence-corrected chi connectivity index (χ4v) is 6.53. The normalized spacial score (nSPS) is 21.4. The Balaban J connectivity index is 1.16. The highest BCUT2D eigenvalue weighted by molar-refractivity contribution is 8.00. The summed E-state index contributed by atoms with van der Waals surface area (Å²) in [6, 6.07) is 13.6. The van der Waals surface area contributed by atoms with Crippen LogP contribution in [0.4, 0.5) is 11.4 Å². The highest BCUT2D eigenvalue weighted by Crippen LogP contribution is 2.39. The van der Waals surface area contributed by atoms with E-state index in [2.05, 4.69) is 56.6 Å². The van der Waals surface area contributed by atoms with Crippen LogP contribution in [0.3, 0.4) is 0 Å². The van der Waals surface area contributed by atoms with Crippen molar-refractivity contribution in [3.63, 3.8) is 0 Å². The number of nitrogens with zero attached hydrogens (tertiary/aromatic N) is 3. The van der Waals surface area contributed by atoms with Gasteiger partial charge in [0, 0.05) is 41.8 Å². The summed E-state index contributed by atoms with van der Waals surface area (Å²) >= 11 is 1.89. The summed E-state index contributed by atoms with van der Waals surface area (Å²) in [4.78, 5) is 20.2. The summed E-state index contributed by atoms with van der Waals surface area (Å²) in [6.45, 7) is 1.59. The Morgan fingerprint density at radius 1 is 1.06 bits per heavy atom. The van der Waals surface area contributed by atoms with E-state index >= 15 is 0 Å². The van der Waals surface area contributed by atoms with Crippen LogP contribution >= 0.6 is 11.8 Å². The maximum Gasteiger partial charge on any atom is 0.226 e. The molecule has 6 nitrogen and oxygen atoms in total. The zero-order chi connectivity index (χ0) is 22.2. The lowest BCUT2D eigenvalue weighted by molar-refractivity contribution is -0.119. The zero-order valence-corrected chi connectivity index (χ0v) is 19.7. The minimum absolute atomic E-state index is 0.223. The fraction of sp³-hybridized carbons (Fsp3) is 0.462. The minimum Gasteiger partial charge on any atom is -0.360 e. The van der Waals surface area contributed by atoms with E-state index in [4.69, 9.17) is 0 Å². The van der Waals surface area contributed by atoms with Crippen LogP contribution in [0.15, 0.2) is 47.6 Å². The number of fused-ring (bicyclic) bond motifs is 2. The molecule has 1 aromatic heterocycles. The molecule has 0 radical (unpaired) electrons. The number of imidazole rings is 1. The highest BCUT2D eigenvalue weighted by Gasteiger charge is 2.25. The summed E-state index contributed by atoms with van der Waals surface area (Å²) < 4.78 is 2.20. The molecule has 6 rings (SSSR count). The molecule has 2 fully saturated rings. The summed E-state index contributed by atoms with van der Waals surface area (Å²) in [5.41, 5.74) is 5.78. The van der Waals surface area contributed by atoms with Gasteiger partial charge in [0.15, 0.2) is 0 Å². The predicted molar refractivity (Wildman–Crippen MR) is 135 cm³/mol. The Hall–Kier alpha value is -2.51. The van der Waals surface area contributed by atoms with Crippen molar-refractivity contribution in [2.24, 2.45) is 0 Å². The number of hydrogen-bond acceptors (Lipinski definition) is 5. The average Bonchev–Trinajstić information content (AvgIpc) is 3.43. The SMILES string of the molecule is O=C1CCCCN1c1ccc2c(c1)ncn2Cc1ccc2c(c1)SC(NC1CCCCC1)N2. The van der Waals surface area contributed by atoms with E-state index < -0.39 is 0 Å². The molecule has 0 spiro atoms. The number of carbonyl (C=O) groups excluding carboxylic acids is 1. The largest absolute Gasteiger partial charge is 0.360 e. The van der Waals surface area contributed by atoms with Crippen molar-refractivity contribution in [3.05, 3.63) is 48.3 Å². The standard InChI is InChI=1S/C26H31N5OS/c32-25-8-4-5-13-31(25)20-10-12-23-22(15-20)27-17-30(23)16-18-9-11-21-24(14-18)33-26(29-21)28-19-6-2-1-3-7-19/h9-12,14-15,17,19,26,28-29H,1-8,13,16H2. The predicted octanol–water partition coefficient (Wildman–Crippen LogP) is 5.33. The van der Waals surface area contributed by atoms with Crippen molar-refractivity contribution < 1.29 is 4.79 Å². The maximum absolute atomic E-state index is 12.3. The molecule has 3 aromatic rings. The monoisotopic (exact) mass is 461 g/mol. The summed E-state index contributed by atoms with van der Waals surface area (Å²) in [5.74, 6) is 0.223. The van der Waals surface area contributed by atoms with Crippen molar-refractivity contribution in [2.75, 3.05) is 16.8 Å². The molecule has 2 aromatic carbocycles. The van der Waals surface area contributed by atoms with E-state index in [0.717, 1.165) is 42.7 Å². The maximum atomic E-state index is 12.3. The van der Waals surface area contributed by atoms with Gasteiger partial charge in [-0.3, -0.25) is 10.1 Å². The van der Waals surface area contributed by atoms with Crippen LogP contribution < -0.4 is 15.5 Å². The van der Waals surface area contributed by atoms with E-state index in [1.807, 2.05) is 23.0 Å². The molecule has 1 aliphatic carbocycles. The lowest BCUT2D eigenvalue weighted by Crippen LogP contribution is -2.40. The highest BCUT2D eigenvalue weighted by atomic mass is 32.2. The molecule has 1 saturated heterocycles. The minimum atomic E-state index is 0.223. The van der Waals surface area contributed by atoms with Gasteiger partial charge in [0.25, 0.3) is 0 Å². The first kappa shape index (κ1) is 21.1. The lowest BCUT2D eigenvalue weighted by atomic mass is 9.96. The molecule has 2 aliphatic heterocycles. The first-order chi connectivity index (χ1) is 16.2. The number of carbonyl (C=O) groups is 1. The van der Waals surface area contributed by atoms with Crippen LogP contribution in [0.1, 0.15) is 56.9 Å². The summed E-state index contributed by atoms with van der Waals surface area (Å²) in [5, 5.41) is 7.44. The Kier molecular flexibility index (Phi) is 5.76. The number of rotatable bonds is 5. The van der Waals surface area contributed by atoms with Gasteiger partial charge in [0.2, 0.25) is 5.91 Å². The summed E-state index contributed by atoms with van der Waals surface area (Å²) in [6.07, 6.45) is 11.3. The topological polar surface area (TPSA) is 62.2 Å². The molecule has 1 amide bonds. The second kappa shape index (κ2) is 9.03. The molecule has 1 unspecified atom stereocenters. The van der Waals surface area contributed by atoms with E-state index in [1.165, 1.54) is 48.3 Å². The number of nitrogens with one attached hydrogen (secondary N) is 2. The lowest BCUT2D eigenvalue weighted by Gasteiger charge is -2.26. The Labute approximate surface area is 199 Å². The molecule has 1 atom stereocenters. The third kappa shape index (κ3) is 4.36. The number of hydrogen-bond donors (Lipinski definition) is 2. The molecular weight excluding hydrogens is 430 g/mol. The van der Waals surface area contributed by atoms with Gasteiger partial charge >= 0.3 is 0 Å². The van der Waals surface area contributed by atoms with Crippen LogP contribution in [0, 0.1) is 0 Å². The van der Waals surface area contributed by atoms with Crippen LogP contribution in [0.2, 0.25) is 0 Å². The Morgan fingerprint density at radius 3 is 2.85 bits per heavy atom. The smallest absolute Gasteiger partial charge is 0.226 e. The van der Waals surface area contributed by atoms with Crippen LogP contribution in [0.5, 0.6) is 0 Å².